The molecule has 4 rings (SSSR count). The van der Waals surface area contributed by atoms with Gasteiger partial charge in [0.25, 0.3) is 0 Å². The largest absolute Gasteiger partial charge is 0.386 e. The smallest absolute Gasteiger partial charge is 0.122 e. The van der Waals surface area contributed by atoms with Crippen LogP contribution in [0.5, 0.6) is 0 Å². The fourth-order valence-corrected chi connectivity index (χ4v) is 4.58. The van der Waals surface area contributed by atoms with Crippen LogP contribution in [0.3, 0.4) is 0 Å². The Labute approximate surface area is 191 Å². The van der Waals surface area contributed by atoms with Crippen LogP contribution in [0.25, 0.3) is 11.1 Å². The molecule has 0 amide bonds. The molecule has 1 fully saturated rings. The van der Waals surface area contributed by atoms with Gasteiger partial charge in [-0.2, -0.15) is 0 Å². The Balaban J connectivity index is 1.82. The first-order valence-corrected chi connectivity index (χ1v) is 11.4. The molecule has 1 aromatic heterocycles. The van der Waals surface area contributed by atoms with Gasteiger partial charge in [0.05, 0.1) is 5.60 Å². The number of aliphatic hydroxyl groups is 2. The normalized spacial score (nSPS) is 17.6. The third-order valence-corrected chi connectivity index (χ3v) is 6.96. The quantitative estimate of drug-likeness (QED) is 0.518. The molecule has 1 saturated heterocycles. The van der Waals surface area contributed by atoms with Gasteiger partial charge < -0.3 is 15.5 Å². The van der Waals surface area contributed by atoms with E-state index in [1.54, 1.807) is 26.2 Å². The summed E-state index contributed by atoms with van der Waals surface area (Å²) < 4.78 is 0. The predicted molar refractivity (Wildman–Crippen MR) is 129 cm³/mol. The van der Waals surface area contributed by atoms with Gasteiger partial charge in [-0.25, -0.2) is 0 Å². The van der Waals surface area contributed by atoms with Gasteiger partial charge in [0.1, 0.15) is 5.60 Å². The number of aromatic nitrogens is 1. The van der Waals surface area contributed by atoms with Crippen molar-refractivity contribution in [2.75, 3.05) is 13.1 Å². The van der Waals surface area contributed by atoms with Crippen LogP contribution in [0, 0.1) is 5.41 Å². The molecule has 0 radical (unpaired) electrons. The first-order chi connectivity index (χ1) is 15.0. The van der Waals surface area contributed by atoms with Crippen LogP contribution in [-0.2, 0) is 11.2 Å². The Morgan fingerprint density at radius 1 is 0.875 bits per heavy atom. The Morgan fingerprint density at radius 3 is 2.09 bits per heavy atom. The molecule has 0 bridgehead atoms. The van der Waals surface area contributed by atoms with Crippen LogP contribution in [0.2, 0.25) is 0 Å². The number of pyridine rings is 1. The maximum absolute atomic E-state index is 12.3. The summed E-state index contributed by atoms with van der Waals surface area (Å²) in [4.78, 5) is 4.35. The summed E-state index contributed by atoms with van der Waals surface area (Å²) in [5, 5.41) is 26.1. The number of hydrogen-bond acceptors (Lipinski definition) is 4. The van der Waals surface area contributed by atoms with E-state index in [9.17, 15) is 10.2 Å². The molecule has 32 heavy (non-hydrogen) atoms. The van der Waals surface area contributed by atoms with Gasteiger partial charge in [-0.1, -0.05) is 63.2 Å². The highest BCUT2D eigenvalue weighted by Crippen LogP contribution is 2.48. The van der Waals surface area contributed by atoms with Crippen LogP contribution in [0.1, 0.15) is 62.8 Å². The number of hydrogen-bond donors (Lipinski definition) is 3. The minimum atomic E-state index is -1.13. The molecular weight excluding hydrogens is 396 g/mol. The van der Waals surface area contributed by atoms with Crippen molar-refractivity contribution in [1.29, 1.82) is 0 Å². The van der Waals surface area contributed by atoms with Crippen LogP contribution >= 0.6 is 0 Å². The summed E-state index contributed by atoms with van der Waals surface area (Å²) in [5.41, 5.74) is 3.26. The summed E-state index contributed by atoms with van der Waals surface area (Å²) >= 11 is 0. The first-order valence-electron chi connectivity index (χ1n) is 11.4. The van der Waals surface area contributed by atoms with Crippen LogP contribution < -0.4 is 5.32 Å². The van der Waals surface area contributed by atoms with Gasteiger partial charge in [0.15, 0.2) is 0 Å². The summed E-state index contributed by atoms with van der Waals surface area (Å²) in [6, 6.07) is 18.5. The molecule has 1 atom stereocenters. The third-order valence-electron chi connectivity index (χ3n) is 6.96. The van der Waals surface area contributed by atoms with Crippen molar-refractivity contribution in [1.82, 2.24) is 10.3 Å². The van der Waals surface area contributed by atoms with Crippen molar-refractivity contribution >= 4 is 0 Å². The molecule has 0 aliphatic carbocycles. The Bertz CT molecular complexity index is 1090. The van der Waals surface area contributed by atoms with Gasteiger partial charge in [-0.15, -0.1) is 0 Å². The van der Waals surface area contributed by atoms with Crippen molar-refractivity contribution in [3.05, 3.63) is 89.2 Å². The molecule has 2 heterocycles. The average Bonchev–Trinajstić information content (AvgIpc) is 2.76. The number of benzene rings is 2. The minimum absolute atomic E-state index is 0.321. The van der Waals surface area contributed by atoms with Crippen molar-refractivity contribution < 1.29 is 10.2 Å². The Morgan fingerprint density at radius 2 is 1.53 bits per heavy atom. The number of nitrogens with zero attached hydrogens (tertiary/aromatic N) is 1. The van der Waals surface area contributed by atoms with Crippen LogP contribution in [0.15, 0.2) is 67.0 Å². The molecule has 0 spiro atoms. The van der Waals surface area contributed by atoms with Gasteiger partial charge in [-0.05, 0) is 54.2 Å². The maximum Gasteiger partial charge on any atom is 0.122 e. The van der Waals surface area contributed by atoms with E-state index in [0.717, 1.165) is 40.9 Å². The number of nitrogens with one attached hydrogen (secondary N) is 1. The monoisotopic (exact) mass is 430 g/mol. The van der Waals surface area contributed by atoms with Crippen molar-refractivity contribution in [2.45, 2.75) is 51.7 Å². The molecule has 3 N–H and O–H groups in total. The Kier molecular flexibility index (Phi) is 5.74. The van der Waals surface area contributed by atoms with Gasteiger partial charge in [0.2, 0.25) is 0 Å². The van der Waals surface area contributed by atoms with E-state index in [0.29, 0.717) is 5.92 Å². The lowest BCUT2D eigenvalue weighted by atomic mass is 9.62. The molecule has 4 nitrogen and oxygen atoms in total. The average molecular weight is 431 g/mol. The van der Waals surface area contributed by atoms with E-state index in [4.69, 9.17) is 0 Å². The fourth-order valence-electron chi connectivity index (χ4n) is 4.58. The second kappa shape index (κ2) is 8.11. The highest BCUT2D eigenvalue weighted by molar-refractivity contribution is 5.65. The molecule has 1 aliphatic rings. The summed E-state index contributed by atoms with van der Waals surface area (Å²) in [5.74, 6) is 0.442. The maximum atomic E-state index is 12.3. The van der Waals surface area contributed by atoms with Gasteiger partial charge >= 0.3 is 0 Å². The topological polar surface area (TPSA) is 65.4 Å². The molecular formula is C28H34N2O2. The van der Waals surface area contributed by atoms with E-state index in [-0.39, 0.29) is 5.41 Å². The second-order valence-electron chi connectivity index (χ2n) is 10.3. The van der Waals surface area contributed by atoms with E-state index in [1.165, 1.54) is 5.56 Å². The number of rotatable bonds is 6. The van der Waals surface area contributed by atoms with E-state index >= 15 is 0 Å². The summed E-state index contributed by atoms with van der Waals surface area (Å²) in [6.07, 6.45) is 3.50. The van der Waals surface area contributed by atoms with E-state index in [2.05, 4.69) is 61.4 Å². The lowest BCUT2D eigenvalue weighted by molar-refractivity contribution is -0.0767. The predicted octanol–water partition coefficient (Wildman–Crippen LogP) is 4.94. The molecule has 168 valence electrons. The molecule has 2 aromatic carbocycles. The van der Waals surface area contributed by atoms with E-state index in [1.807, 2.05) is 24.3 Å². The Hall–Kier alpha value is -2.53. The molecule has 0 saturated carbocycles. The third kappa shape index (κ3) is 3.88. The minimum Gasteiger partial charge on any atom is -0.386 e. The lowest BCUT2D eigenvalue weighted by Gasteiger charge is -2.52. The summed E-state index contributed by atoms with van der Waals surface area (Å²) in [7, 11) is 0. The zero-order chi connectivity index (χ0) is 23.1. The highest BCUT2D eigenvalue weighted by atomic mass is 16.3. The first kappa shape index (κ1) is 22.7. The van der Waals surface area contributed by atoms with Crippen molar-refractivity contribution in [3.63, 3.8) is 0 Å². The zero-order valence-electron chi connectivity index (χ0n) is 19.7. The zero-order valence-corrected chi connectivity index (χ0v) is 19.7. The molecule has 3 aromatic rings. The summed E-state index contributed by atoms with van der Waals surface area (Å²) in [6.45, 7) is 11.5. The van der Waals surface area contributed by atoms with Gasteiger partial charge in [0, 0.05) is 42.0 Å². The standard InChI is InChI=1S/C28H34N2O2/c1-19(2)20-9-11-23(12-10-20)28(32,27(5)17-30-18-27)24-8-6-7-21(13-24)22-14-25(16-29-15-22)26(3,4)31/h6-16,19,30-32H,17-18H2,1-5H3/t28-/m0/s1. The highest BCUT2D eigenvalue weighted by Gasteiger charge is 2.53. The van der Waals surface area contributed by atoms with Crippen LogP contribution in [0.4, 0.5) is 0 Å². The fraction of sp³-hybridized carbons (Fsp3) is 0.393. The van der Waals surface area contributed by atoms with Crippen LogP contribution in [-0.4, -0.2) is 28.3 Å². The van der Waals surface area contributed by atoms with E-state index < -0.39 is 11.2 Å². The van der Waals surface area contributed by atoms with Crippen molar-refractivity contribution in [2.24, 2.45) is 5.41 Å². The molecule has 0 unspecified atom stereocenters. The second-order valence-corrected chi connectivity index (χ2v) is 10.3. The molecule has 1 aliphatic heterocycles. The molecule has 4 heteroatoms. The lowest BCUT2D eigenvalue weighted by Crippen LogP contribution is -2.63. The van der Waals surface area contributed by atoms with Crippen molar-refractivity contribution in [3.8, 4) is 11.1 Å². The SMILES string of the molecule is CC(C)c1ccc([C@](O)(c2cccc(-c3cncc(C(C)(C)O)c3)c2)C2(C)CNC2)cc1. The van der Waals surface area contributed by atoms with Gasteiger partial charge in [-0.3, -0.25) is 4.98 Å².